The molecule has 3 N–H and O–H groups in total. The fourth-order valence-corrected chi connectivity index (χ4v) is 5.04. The Hall–Kier alpha value is -1.28. The Bertz CT molecular complexity index is 686. The third-order valence-corrected chi connectivity index (χ3v) is 6.95. The zero-order chi connectivity index (χ0) is 21.5. The Morgan fingerprint density at radius 2 is 1.87 bits per heavy atom. The van der Waals surface area contributed by atoms with Crippen LogP contribution in [0.2, 0.25) is 0 Å². The van der Waals surface area contributed by atoms with Gasteiger partial charge in [0.05, 0.1) is 13.2 Å². The number of ether oxygens (including phenoxy) is 1. The second-order valence-electron chi connectivity index (χ2n) is 9.29. The summed E-state index contributed by atoms with van der Waals surface area (Å²) >= 11 is 0. The van der Waals surface area contributed by atoms with Crippen LogP contribution in [0, 0.1) is 0 Å². The van der Waals surface area contributed by atoms with E-state index in [4.69, 9.17) is 4.74 Å². The van der Waals surface area contributed by atoms with E-state index in [1.165, 1.54) is 16.8 Å². The second kappa shape index (κ2) is 11.0. The summed E-state index contributed by atoms with van der Waals surface area (Å²) in [6, 6.07) is 7.42. The van der Waals surface area contributed by atoms with Crippen molar-refractivity contribution in [2.75, 3.05) is 50.8 Å². The lowest BCUT2D eigenvalue weighted by Crippen LogP contribution is -2.44. The third-order valence-electron chi connectivity index (χ3n) is 6.95. The number of morpholine rings is 1. The van der Waals surface area contributed by atoms with E-state index in [1.54, 1.807) is 0 Å². The molecule has 0 bridgehead atoms. The van der Waals surface area contributed by atoms with Crippen molar-refractivity contribution < 1.29 is 13.5 Å². The number of rotatable bonds is 9. The molecule has 0 aromatic heterocycles. The minimum Gasteiger partial charge on any atom is -0.378 e. The predicted molar refractivity (Wildman–Crippen MR) is 121 cm³/mol. The molecular formula is C24H38F2N4O. The fraction of sp³-hybridized carbons (Fsp3) is 0.750. The van der Waals surface area contributed by atoms with Crippen LogP contribution in [0.1, 0.15) is 49.7 Å². The van der Waals surface area contributed by atoms with Crippen LogP contribution in [0.3, 0.4) is 0 Å². The monoisotopic (exact) mass is 436 g/mol. The number of anilines is 1. The van der Waals surface area contributed by atoms with Gasteiger partial charge in [0.15, 0.2) is 0 Å². The highest BCUT2D eigenvalue weighted by Gasteiger charge is 2.34. The summed E-state index contributed by atoms with van der Waals surface area (Å²) in [6.45, 7) is 7.42. The van der Waals surface area contributed by atoms with Gasteiger partial charge in [0.1, 0.15) is 0 Å². The minimum atomic E-state index is -2.43. The van der Waals surface area contributed by atoms with Crippen molar-refractivity contribution in [3.63, 3.8) is 0 Å². The molecule has 31 heavy (non-hydrogen) atoms. The van der Waals surface area contributed by atoms with Gasteiger partial charge in [-0.05, 0) is 62.4 Å². The lowest BCUT2D eigenvalue weighted by molar-refractivity contribution is -0.0403. The number of alkyl halides is 2. The predicted octanol–water partition coefficient (Wildman–Crippen LogP) is 3.07. The zero-order valence-electron chi connectivity index (χ0n) is 18.6. The summed E-state index contributed by atoms with van der Waals surface area (Å²) in [6.07, 6.45) is 4.54. The number of unbranched alkanes of at least 4 members (excludes halogenated alkanes) is 1. The van der Waals surface area contributed by atoms with Crippen molar-refractivity contribution in [3.8, 4) is 0 Å². The number of fused-ring (bicyclic) bond motifs is 1. The van der Waals surface area contributed by atoms with Crippen LogP contribution >= 0.6 is 0 Å². The van der Waals surface area contributed by atoms with Gasteiger partial charge >= 0.3 is 0 Å². The zero-order valence-corrected chi connectivity index (χ0v) is 18.6. The van der Waals surface area contributed by atoms with Gasteiger partial charge in [-0.3, -0.25) is 0 Å². The van der Waals surface area contributed by atoms with Gasteiger partial charge in [-0.25, -0.2) is 8.78 Å². The summed E-state index contributed by atoms with van der Waals surface area (Å²) in [5.74, 6) is -2.43. The topological polar surface area (TPSA) is 48.6 Å². The van der Waals surface area contributed by atoms with Crippen molar-refractivity contribution in [3.05, 3.63) is 29.3 Å². The molecule has 5 nitrogen and oxygen atoms in total. The standard InChI is InChI=1S/C24H38F2N4O/c25-24(26)8-6-20(7-9-24)28-11-2-1-10-27-18-21-16-22-19(17-29-21)4-3-5-23(22)30-12-14-31-15-13-30/h3-5,20-21,27-29H,1-2,6-18H2. The van der Waals surface area contributed by atoms with E-state index >= 15 is 0 Å². The van der Waals surface area contributed by atoms with E-state index in [9.17, 15) is 8.78 Å². The Morgan fingerprint density at radius 3 is 2.68 bits per heavy atom. The van der Waals surface area contributed by atoms with E-state index in [0.29, 0.717) is 18.9 Å². The smallest absolute Gasteiger partial charge is 0.248 e. The Morgan fingerprint density at radius 1 is 1.10 bits per heavy atom. The first kappa shape index (κ1) is 22.9. The normalized spacial score (nSPS) is 24.2. The van der Waals surface area contributed by atoms with Crippen molar-refractivity contribution in [2.24, 2.45) is 0 Å². The van der Waals surface area contributed by atoms with Crippen LogP contribution in [0.25, 0.3) is 0 Å². The fourth-order valence-electron chi connectivity index (χ4n) is 5.04. The van der Waals surface area contributed by atoms with Crippen LogP contribution in [-0.2, 0) is 17.7 Å². The molecule has 1 aromatic carbocycles. The summed E-state index contributed by atoms with van der Waals surface area (Å²) in [7, 11) is 0. The number of nitrogens with one attached hydrogen (secondary N) is 3. The first-order valence-corrected chi connectivity index (χ1v) is 12.1. The van der Waals surface area contributed by atoms with Gasteiger partial charge in [0, 0.05) is 56.8 Å². The molecule has 0 radical (unpaired) electrons. The van der Waals surface area contributed by atoms with Crippen LogP contribution in [0.4, 0.5) is 14.5 Å². The van der Waals surface area contributed by atoms with Crippen molar-refractivity contribution >= 4 is 5.69 Å². The summed E-state index contributed by atoms with van der Waals surface area (Å²) in [4.78, 5) is 2.47. The van der Waals surface area contributed by atoms with Crippen LogP contribution in [-0.4, -0.2) is 63.9 Å². The molecule has 2 aliphatic heterocycles. The van der Waals surface area contributed by atoms with Gasteiger partial charge in [-0.2, -0.15) is 0 Å². The molecule has 1 aromatic rings. The first-order valence-electron chi connectivity index (χ1n) is 12.1. The summed E-state index contributed by atoms with van der Waals surface area (Å²) in [5, 5.41) is 10.7. The summed E-state index contributed by atoms with van der Waals surface area (Å²) < 4.78 is 31.9. The molecule has 174 valence electrons. The average Bonchev–Trinajstić information content (AvgIpc) is 2.79. The van der Waals surface area contributed by atoms with Gasteiger partial charge < -0.3 is 25.6 Å². The molecule has 0 amide bonds. The average molecular weight is 437 g/mol. The van der Waals surface area contributed by atoms with Crippen LogP contribution in [0.5, 0.6) is 0 Å². The van der Waals surface area contributed by atoms with E-state index < -0.39 is 5.92 Å². The quantitative estimate of drug-likeness (QED) is 0.520. The number of hydrogen-bond acceptors (Lipinski definition) is 5. The molecule has 1 saturated carbocycles. The Labute approximate surface area is 185 Å². The van der Waals surface area contributed by atoms with E-state index in [1.807, 2.05) is 0 Å². The summed E-state index contributed by atoms with van der Waals surface area (Å²) in [5.41, 5.74) is 4.31. The molecular weight excluding hydrogens is 398 g/mol. The molecule has 4 rings (SSSR count). The minimum absolute atomic E-state index is 0.0387. The maximum absolute atomic E-state index is 13.2. The highest BCUT2D eigenvalue weighted by Crippen LogP contribution is 2.33. The Kier molecular flexibility index (Phi) is 8.15. The van der Waals surface area contributed by atoms with Crippen molar-refractivity contribution in [1.82, 2.24) is 16.0 Å². The molecule has 1 aliphatic carbocycles. The van der Waals surface area contributed by atoms with Gasteiger partial charge in [-0.1, -0.05) is 12.1 Å². The van der Waals surface area contributed by atoms with Crippen LogP contribution < -0.4 is 20.9 Å². The van der Waals surface area contributed by atoms with E-state index in [0.717, 1.165) is 71.7 Å². The highest BCUT2D eigenvalue weighted by molar-refractivity contribution is 5.58. The van der Waals surface area contributed by atoms with Gasteiger partial charge in [0.25, 0.3) is 0 Å². The van der Waals surface area contributed by atoms with E-state index in [2.05, 4.69) is 39.0 Å². The van der Waals surface area contributed by atoms with Crippen LogP contribution in [0.15, 0.2) is 18.2 Å². The molecule has 1 saturated heterocycles. The number of benzene rings is 1. The van der Waals surface area contributed by atoms with Gasteiger partial charge in [-0.15, -0.1) is 0 Å². The third kappa shape index (κ3) is 6.60. The second-order valence-corrected chi connectivity index (χ2v) is 9.29. The number of halogens is 2. The number of hydrogen-bond donors (Lipinski definition) is 3. The SMILES string of the molecule is FC1(F)CCC(NCCCCNCC2Cc3c(cccc3N3CCOCC3)CN2)CC1. The number of nitrogens with zero attached hydrogens (tertiary/aromatic N) is 1. The molecule has 3 aliphatic rings. The van der Waals surface area contributed by atoms with Crippen molar-refractivity contribution in [1.29, 1.82) is 0 Å². The first-order chi connectivity index (χ1) is 15.1. The maximum Gasteiger partial charge on any atom is 0.248 e. The van der Waals surface area contributed by atoms with Gasteiger partial charge in [0.2, 0.25) is 5.92 Å². The molecule has 2 heterocycles. The Balaban J connectivity index is 1.12. The molecule has 7 heteroatoms. The molecule has 2 fully saturated rings. The largest absolute Gasteiger partial charge is 0.378 e. The molecule has 1 atom stereocenters. The lowest BCUT2D eigenvalue weighted by atomic mass is 9.92. The maximum atomic E-state index is 13.2. The molecule has 0 spiro atoms. The highest BCUT2D eigenvalue weighted by atomic mass is 19.3. The molecule has 1 unspecified atom stereocenters. The van der Waals surface area contributed by atoms with Crippen molar-refractivity contribution in [2.45, 2.75) is 69.5 Å². The lowest BCUT2D eigenvalue weighted by Gasteiger charge is -2.34. The van der Waals surface area contributed by atoms with E-state index in [-0.39, 0.29) is 18.9 Å².